The molecule has 0 fully saturated rings. The summed E-state index contributed by atoms with van der Waals surface area (Å²) in [5.74, 6) is -1.63. The van der Waals surface area contributed by atoms with Gasteiger partial charge in [-0.05, 0) is 33.8 Å². The van der Waals surface area contributed by atoms with Crippen LogP contribution < -0.4 is 5.32 Å². The summed E-state index contributed by atoms with van der Waals surface area (Å²) >= 11 is 0. The van der Waals surface area contributed by atoms with Crippen molar-refractivity contribution in [3.8, 4) is 0 Å². The molecule has 2 aromatic rings. The zero-order valence-corrected chi connectivity index (χ0v) is 12.9. The number of aromatic nitrogens is 2. The lowest BCUT2D eigenvalue weighted by Crippen LogP contribution is -2.35. The van der Waals surface area contributed by atoms with E-state index in [0.29, 0.717) is 12.1 Å². The van der Waals surface area contributed by atoms with E-state index in [1.807, 2.05) is 13.1 Å². The molecule has 0 saturated carbocycles. The van der Waals surface area contributed by atoms with Crippen molar-refractivity contribution in [2.45, 2.75) is 46.3 Å². The van der Waals surface area contributed by atoms with Crippen LogP contribution in [-0.2, 0) is 13.1 Å². The Bertz CT molecular complexity index is 627. The van der Waals surface area contributed by atoms with Gasteiger partial charge in [-0.15, -0.1) is 0 Å². The molecular formula is C16H21F2N3. The second kappa shape index (κ2) is 5.93. The van der Waals surface area contributed by atoms with Crippen LogP contribution in [-0.4, -0.2) is 15.3 Å². The summed E-state index contributed by atoms with van der Waals surface area (Å²) in [6.45, 7) is 9.11. The van der Waals surface area contributed by atoms with Crippen LogP contribution in [0.1, 0.15) is 37.6 Å². The first-order valence-corrected chi connectivity index (χ1v) is 6.97. The molecule has 0 aliphatic rings. The van der Waals surface area contributed by atoms with E-state index >= 15 is 0 Å². The molecule has 0 aliphatic carbocycles. The van der Waals surface area contributed by atoms with Gasteiger partial charge in [-0.1, -0.05) is 12.1 Å². The Hall–Kier alpha value is -1.75. The fraction of sp³-hybridized carbons (Fsp3) is 0.438. The predicted molar refractivity (Wildman–Crippen MR) is 79.0 cm³/mol. The van der Waals surface area contributed by atoms with Crippen LogP contribution in [0.4, 0.5) is 8.78 Å². The number of benzene rings is 1. The van der Waals surface area contributed by atoms with E-state index in [9.17, 15) is 8.78 Å². The van der Waals surface area contributed by atoms with E-state index in [1.54, 1.807) is 10.7 Å². The van der Waals surface area contributed by atoms with Crippen molar-refractivity contribution >= 4 is 0 Å². The van der Waals surface area contributed by atoms with Crippen molar-refractivity contribution < 1.29 is 8.78 Å². The third-order valence-electron chi connectivity index (χ3n) is 3.22. The molecule has 1 aromatic heterocycles. The van der Waals surface area contributed by atoms with Crippen LogP contribution >= 0.6 is 0 Å². The van der Waals surface area contributed by atoms with E-state index in [4.69, 9.17) is 0 Å². The van der Waals surface area contributed by atoms with Crippen LogP contribution in [0.2, 0.25) is 0 Å². The maximum atomic E-state index is 13.7. The number of aryl methyl sites for hydroxylation is 1. The Kier molecular flexibility index (Phi) is 4.42. The van der Waals surface area contributed by atoms with Gasteiger partial charge in [-0.2, -0.15) is 5.10 Å². The Morgan fingerprint density at radius 3 is 2.57 bits per heavy atom. The molecule has 21 heavy (non-hydrogen) atoms. The lowest BCUT2D eigenvalue weighted by molar-refractivity contribution is 0.423. The molecular weight excluding hydrogens is 272 g/mol. The average molecular weight is 293 g/mol. The van der Waals surface area contributed by atoms with Gasteiger partial charge in [0.1, 0.15) is 0 Å². The molecule has 3 nitrogen and oxygen atoms in total. The van der Waals surface area contributed by atoms with Crippen molar-refractivity contribution in [2.24, 2.45) is 0 Å². The maximum absolute atomic E-state index is 13.7. The third kappa shape index (κ3) is 4.11. The standard InChI is InChI=1S/C16H21F2N3/c1-11-13(8-19-16(2,3)4)10-21(20-11)9-12-6-5-7-14(17)15(12)18/h5-7,10,19H,8-9H2,1-4H3. The molecule has 0 bridgehead atoms. The summed E-state index contributed by atoms with van der Waals surface area (Å²) in [4.78, 5) is 0. The summed E-state index contributed by atoms with van der Waals surface area (Å²) in [6, 6.07) is 4.19. The van der Waals surface area contributed by atoms with Gasteiger partial charge in [0.25, 0.3) is 0 Å². The van der Waals surface area contributed by atoms with Crippen molar-refractivity contribution in [3.63, 3.8) is 0 Å². The second-order valence-electron chi connectivity index (χ2n) is 6.25. The zero-order chi connectivity index (χ0) is 15.6. The molecule has 1 N–H and O–H groups in total. The van der Waals surface area contributed by atoms with Crippen molar-refractivity contribution in [1.29, 1.82) is 0 Å². The van der Waals surface area contributed by atoms with E-state index in [0.717, 1.165) is 17.3 Å². The normalized spacial score (nSPS) is 11.9. The van der Waals surface area contributed by atoms with E-state index < -0.39 is 11.6 Å². The number of nitrogens with one attached hydrogen (secondary N) is 1. The number of nitrogens with zero attached hydrogens (tertiary/aromatic N) is 2. The van der Waals surface area contributed by atoms with Gasteiger partial charge in [-0.25, -0.2) is 8.78 Å². The number of hydrogen-bond donors (Lipinski definition) is 1. The minimum Gasteiger partial charge on any atom is -0.308 e. The molecule has 0 aliphatic heterocycles. The fourth-order valence-electron chi connectivity index (χ4n) is 2.02. The van der Waals surface area contributed by atoms with Gasteiger partial charge in [0.15, 0.2) is 11.6 Å². The molecule has 0 atom stereocenters. The molecule has 0 spiro atoms. The van der Waals surface area contributed by atoms with Gasteiger partial charge < -0.3 is 5.32 Å². The van der Waals surface area contributed by atoms with Gasteiger partial charge in [-0.3, -0.25) is 4.68 Å². The first-order chi connectivity index (χ1) is 9.76. The fourth-order valence-corrected chi connectivity index (χ4v) is 2.02. The van der Waals surface area contributed by atoms with E-state index in [1.165, 1.54) is 6.07 Å². The monoisotopic (exact) mass is 293 g/mol. The topological polar surface area (TPSA) is 29.9 Å². The summed E-state index contributed by atoms with van der Waals surface area (Å²) in [5.41, 5.74) is 2.27. The first kappa shape index (κ1) is 15.6. The average Bonchev–Trinajstić information content (AvgIpc) is 2.72. The van der Waals surface area contributed by atoms with Crippen LogP contribution in [0.3, 0.4) is 0 Å². The van der Waals surface area contributed by atoms with Crippen LogP contribution in [0.15, 0.2) is 24.4 Å². The summed E-state index contributed by atoms with van der Waals surface area (Å²) in [7, 11) is 0. The SMILES string of the molecule is Cc1nn(Cc2cccc(F)c2F)cc1CNC(C)(C)C. The highest BCUT2D eigenvalue weighted by atomic mass is 19.2. The Labute approximate surface area is 124 Å². The molecule has 0 amide bonds. The summed E-state index contributed by atoms with van der Waals surface area (Å²) < 4.78 is 28.5. The number of hydrogen-bond acceptors (Lipinski definition) is 2. The highest BCUT2D eigenvalue weighted by Gasteiger charge is 2.13. The predicted octanol–water partition coefficient (Wildman–Crippen LogP) is 3.41. The number of halogens is 2. The molecule has 0 radical (unpaired) electrons. The van der Waals surface area contributed by atoms with E-state index in [2.05, 4.69) is 31.2 Å². The minimum atomic E-state index is -0.828. The van der Waals surface area contributed by atoms with Crippen LogP contribution in [0.25, 0.3) is 0 Å². The second-order valence-corrected chi connectivity index (χ2v) is 6.25. The Balaban J connectivity index is 2.13. The molecule has 0 unspecified atom stereocenters. The van der Waals surface area contributed by atoms with Crippen molar-refractivity contribution in [2.75, 3.05) is 0 Å². The molecule has 0 saturated heterocycles. The minimum absolute atomic E-state index is 0.0171. The highest BCUT2D eigenvalue weighted by Crippen LogP contribution is 2.14. The summed E-state index contributed by atoms with van der Waals surface area (Å²) in [6.07, 6.45) is 1.87. The van der Waals surface area contributed by atoms with Crippen molar-refractivity contribution in [3.05, 3.63) is 52.9 Å². The third-order valence-corrected chi connectivity index (χ3v) is 3.22. The molecule has 1 aromatic carbocycles. The van der Waals surface area contributed by atoms with Gasteiger partial charge >= 0.3 is 0 Å². The van der Waals surface area contributed by atoms with Crippen LogP contribution in [0.5, 0.6) is 0 Å². The number of rotatable bonds is 4. The first-order valence-electron chi connectivity index (χ1n) is 6.97. The van der Waals surface area contributed by atoms with Gasteiger partial charge in [0, 0.05) is 29.4 Å². The van der Waals surface area contributed by atoms with Gasteiger partial charge in [0.05, 0.1) is 12.2 Å². The maximum Gasteiger partial charge on any atom is 0.163 e. The Morgan fingerprint density at radius 1 is 1.19 bits per heavy atom. The highest BCUT2D eigenvalue weighted by molar-refractivity contribution is 5.21. The smallest absolute Gasteiger partial charge is 0.163 e. The quantitative estimate of drug-likeness (QED) is 0.936. The molecule has 114 valence electrons. The lowest BCUT2D eigenvalue weighted by Gasteiger charge is -2.20. The lowest BCUT2D eigenvalue weighted by atomic mass is 10.1. The summed E-state index contributed by atoms with van der Waals surface area (Å²) in [5, 5.41) is 7.75. The van der Waals surface area contributed by atoms with Crippen molar-refractivity contribution in [1.82, 2.24) is 15.1 Å². The molecule has 2 rings (SSSR count). The Morgan fingerprint density at radius 2 is 1.90 bits per heavy atom. The van der Waals surface area contributed by atoms with E-state index in [-0.39, 0.29) is 12.1 Å². The van der Waals surface area contributed by atoms with Gasteiger partial charge in [0.2, 0.25) is 0 Å². The zero-order valence-electron chi connectivity index (χ0n) is 12.9. The molecule has 5 heteroatoms. The van der Waals surface area contributed by atoms with Crippen LogP contribution in [0, 0.1) is 18.6 Å². The molecule has 1 heterocycles. The largest absolute Gasteiger partial charge is 0.308 e.